The van der Waals surface area contributed by atoms with E-state index in [2.05, 4.69) is 65.0 Å². The normalized spacial score (nSPS) is 33.6. The molecule has 4 atom stereocenters. The van der Waals surface area contributed by atoms with Crippen molar-refractivity contribution in [2.75, 3.05) is 6.54 Å². The fourth-order valence-corrected chi connectivity index (χ4v) is 3.74. The largest absolute Gasteiger partial charge is 0.330 e. The van der Waals surface area contributed by atoms with Crippen molar-refractivity contribution in [3.8, 4) is 0 Å². The van der Waals surface area contributed by atoms with Crippen molar-refractivity contribution < 1.29 is 0 Å². The van der Waals surface area contributed by atoms with Gasteiger partial charge < -0.3 is 5.73 Å². The molecule has 1 aliphatic heterocycles. The van der Waals surface area contributed by atoms with Crippen LogP contribution in [0.3, 0.4) is 0 Å². The SMILES string of the molecule is CC1CC(CN)C(Br)C(C)N1Cc1ccccc1. The molecule has 1 saturated heterocycles. The molecule has 0 radical (unpaired) electrons. The minimum Gasteiger partial charge on any atom is -0.330 e. The smallest absolute Gasteiger partial charge is 0.0339 e. The second-order valence-corrected chi connectivity index (χ2v) is 6.48. The van der Waals surface area contributed by atoms with E-state index in [4.69, 9.17) is 5.73 Å². The van der Waals surface area contributed by atoms with E-state index in [1.165, 1.54) is 12.0 Å². The monoisotopic (exact) mass is 310 g/mol. The summed E-state index contributed by atoms with van der Waals surface area (Å²) >= 11 is 3.84. The van der Waals surface area contributed by atoms with Gasteiger partial charge in [0.15, 0.2) is 0 Å². The first-order valence-corrected chi connectivity index (χ1v) is 7.69. The van der Waals surface area contributed by atoms with Crippen LogP contribution in [0.1, 0.15) is 25.8 Å². The molecular formula is C15H23BrN2. The highest BCUT2D eigenvalue weighted by Crippen LogP contribution is 2.33. The maximum atomic E-state index is 5.87. The molecule has 2 nitrogen and oxygen atoms in total. The second-order valence-electron chi connectivity index (χ2n) is 5.42. The average Bonchev–Trinajstić information content (AvgIpc) is 2.40. The van der Waals surface area contributed by atoms with E-state index in [1.807, 2.05) is 0 Å². The summed E-state index contributed by atoms with van der Waals surface area (Å²) in [6.07, 6.45) is 1.18. The van der Waals surface area contributed by atoms with Crippen LogP contribution in [-0.2, 0) is 6.54 Å². The molecule has 0 spiro atoms. The van der Waals surface area contributed by atoms with Gasteiger partial charge in [0, 0.05) is 23.5 Å². The van der Waals surface area contributed by atoms with Crippen molar-refractivity contribution in [1.82, 2.24) is 4.90 Å². The number of halogens is 1. The zero-order valence-corrected chi connectivity index (χ0v) is 12.8. The van der Waals surface area contributed by atoms with Gasteiger partial charge in [0.1, 0.15) is 0 Å². The van der Waals surface area contributed by atoms with Gasteiger partial charge in [-0.05, 0) is 38.3 Å². The highest BCUT2D eigenvalue weighted by atomic mass is 79.9. The van der Waals surface area contributed by atoms with Gasteiger partial charge in [0.2, 0.25) is 0 Å². The summed E-state index contributed by atoms with van der Waals surface area (Å²) in [4.78, 5) is 3.09. The molecule has 0 aliphatic carbocycles. The number of nitrogens with zero attached hydrogens (tertiary/aromatic N) is 1. The minimum atomic E-state index is 0.502. The number of rotatable bonds is 3. The molecule has 1 aromatic rings. The third-order valence-electron chi connectivity index (χ3n) is 4.16. The van der Waals surface area contributed by atoms with Crippen molar-refractivity contribution in [2.45, 2.75) is 43.7 Å². The molecular weight excluding hydrogens is 288 g/mol. The summed E-state index contributed by atoms with van der Waals surface area (Å²) in [5, 5.41) is 0. The third kappa shape index (κ3) is 2.95. The van der Waals surface area contributed by atoms with Crippen molar-refractivity contribution in [3.05, 3.63) is 35.9 Å². The maximum absolute atomic E-state index is 5.87. The van der Waals surface area contributed by atoms with Crippen LogP contribution >= 0.6 is 15.9 Å². The molecule has 3 heteroatoms. The Morgan fingerprint density at radius 1 is 1.28 bits per heavy atom. The second kappa shape index (κ2) is 6.18. The Bertz CT molecular complexity index is 368. The van der Waals surface area contributed by atoms with Crippen molar-refractivity contribution in [1.29, 1.82) is 0 Å². The summed E-state index contributed by atoms with van der Waals surface area (Å²) in [6.45, 7) is 6.44. The van der Waals surface area contributed by atoms with Crippen LogP contribution in [0.25, 0.3) is 0 Å². The number of alkyl halides is 1. The quantitative estimate of drug-likeness (QED) is 0.870. The zero-order valence-electron chi connectivity index (χ0n) is 11.2. The van der Waals surface area contributed by atoms with Crippen LogP contribution in [0.15, 0.2) is 30.3 Å². The first-order chi connectivity index (χ1) is 8.63. The van der Waals surface area contributed by atoms with Gasteiger partial charge in [-0.1, -0.05) is 46.3 Å². The third-order valence-corrected chi connectivity index (χ3v) is 5.67. The Morgan fingerprint density at radius 3 is 2.56 bits per heavy atom. The van der Waals surface area contributed by atoms with Crippen LogP contribution in [0.4, 0.5) is 0 Å². The molecule has 1 fully saturated rings. The summed E-state index contributed by atoms with van der Waals surface area (Å²) in [6, 6.07) is 11.8. The molecule has 1 aliphatic rings. The standard InChI is InChI=1S/C15H23BrN2/c1-11-8-14(9-17)15(16)12(2)18(11)10-13-6-4-3-5-7-13/h3-7,11-12,14-15H,8-10,17H2,1-2H3. The van der Waals surface area contributed by atoms with Gasteiger partial charge in [0.25, 0.3) is 0 Å². The van der Waals surface area contributed by atoms with E-state index in [0.717, 1.165) is 13.1 Å². The fourth-order valence-electron chi connectivity index (χ4n) is 3.00. The molecule has 4 unspecified atom stereocenters. The van der Waals surface area contributed by atoms with Gasteiger partial charge >= 0.3 is 0 Å². The van der Waals surface area contributed by atoms with E-state index in [-0.39, 0.29) is 0 Å². The lowest BCUT2D eigenvalue weighted by Gasteiger charge is -2.45. The Hall–Kier alpha value is -0.380. The van der Waals surface area contributed by atoms with Crippen LogP contribution in [0.2, 0.25) is 0 Å². The number of hydrogen-bond donors (Lipinski definition) is 1. The van der Waals surface area contributed by atoms with Crippen molar-refractivity contribution in [3.63, 3.8) is 0 Å². The highest BCUT2D eigenvalue weighted by Gasteiger charge is 2.36. The predicted octanol–water partition coefficient (Wildman–Crippen LogP) is 3.01. The highest BCUT2D eigenvalue weighted by molar-refractivity contribution is 9.09. The van der Waals surface area contributed by atoms with Gasteiger partial charge in [-0.3, -0.25) is 4.90 Å². The van der Waals surface area contributed by atoms with Gasteiger partial charge in [-0.25, -0.2) is 0 Å². The summed E-state index contributed by atoms with van der Waals surface area (Å²) in [5.41, 5.74) is 7.26. The average molecular weight is 311 g/mol. The summed E-state index contributed by atoms with van der Waals surface area (Å²) in [5.74, 6) is 0.599. The van der Waals surface area contributed by atoms with Gasteiger partial charge in [-0.15, -0.1) is 0 Å². The van der Waals surface area contributed by atoms with E-state index >= 15 is 0 Å². The minimum absolute atomic E-state index is 0.502. The van der Waals surface area contributed by atoms with Crippen molar-refractivity contribution in [2.24, 2.45) is 11.7 Å². The molecule has 2 rings (SSSR count). The van der Waals surface area contributed by atoms with Crippen molar-refractivity contribution >= 4 is 15.9 Å². The molecule has 0 aromatic heterocycles. The molecule has 0 amide bonds. The molecule has 0 saturated carbocycles. The Kier molecular flexibility index (Phi) is 4.82. The number of hydrogen-bond acceptors (Lipinski definition) is 2. The number of likely N-dealkylation sites (tertiary alicyclic amines) is 1. The number of benzene rings is 1. The van der Waals surface area contributed by atoms with E-state index in [9.17, 15) is 0 Å². The van der Waals surface area contributed by atoms with Crippen LogP contribution < -0.4 is 5.73 Å². The van der Waals surface area contributed by atoms with Crippen LogP contribution in [-0.4, -0.2) is 28.4 Å². The maximum Gasteiger partial charge on any atom is 0.0339 e. The van der Waals surface area contributed by atoms with Gasteiger partial charge in [-0.2, -0.15) is 0 Å². The molecule has 100 valence electrons. The molecule has 1 heterocycles. The lowest BCUT2D eigenvalue weighted by atomic mass is 9.86. The molecule has 1 aromatic carbocycles. The summed E-state index contributed by atoms with van der Waals surface area (Å²) in [7, 11) is 0. The summed E-state index contributed by atoms with van der Waals surface area (Å²) < 4.78 is 0. The van der Waals surface area contributed by atoms with Crippen LogP contribution in [0, 0.1) is 5.92 Å². The Labute approximate surface area is 119 Å². The molecule has 0 bridgehead atoms. The lowest BCUT2D eigenvalue weighted by Crippen LogP contribution is -2.53. The first-order valence-electron chi connectivity index (χ1n) is 6.77. The topological polar surface area (TPSA) is 29.3 Å². The molecule has 18 heavy (non-hydrogen) atoms. The molecule has 2 N–H and O–H groups in total. The number of piperidine rings is 1. The van der Waals surface area contributed by atoms with Crippen LogP contribution in [0.5, 0.6) is 0 Å². The number of nitrogens with two attached hydrogens (primary N) is 1. The van der Waals surface area contributed by atoms with E-state index < -0.39 is 0 Å². The van der Waals surface area contributed by atoms with E-state index in [0.29, 0.717) is 22.8 Å². The van der Waals surface area contributed by atoms with E-state index in [1.54, 1.807) is 0 Å². The fraction of sp³-hybridized carbons (Fsp3) is 0.600. The Morgan fingerprint density at radius 2 is 1.94 bits per heavy atom. The zero-order chi connectivity index (χ0) is 13.1. The predicted molar refractivity (Wildman–Crippen MR) is 80.8 cm³/mol. The lowest BCUT2D eigenvalue weighted by molar-refractivity contribution is 0.0731. The first kappa shape index (κ1) is 14.0. The van der Waals surface area contributed by atoms with Gasteiger partial charge in [0.05, 0.1) is 0 Å². The Balaban J connectivity index is 2.08.